The lowest BCUT2D eigenvalue weighted by molar-refractivity contribution is 0.398. The van der Waals surface area contributed by atoms with E-state index in [9.17, 15) is 10.2 Å². The normalized spacial score (nSPS) is 17.7. The van der Waals surface area contributed by atoms with Gasteiger partial charge >= 0.3 is 0 Å². The molecule has 0 aromatic heterocycles. The number of benzene rings is 2. The van der Waals surface area contributed by atoms with Crippen molar-refractivity contribution in [2.24, 2.45) is 0 Å². The Morgan fingerprint density at radius 1 is 1.00 bits per heavy atom. The zero-order valence-corrected chi connectivity index (χ0v) is 11.3. The molecule has 0 radical (unpaired) electrons. The molecule has 0 saturated heterocycles. The van der Waals surface area contributed by atoms with Crippen molar-refractivity contribution in [3.63, 3.8) is 0 Å². The van der Waals surface area contributed by atoms with Gasteiger partial charge in [0.2, 0.25) is 0 Å². The Morgan fingerprint density at radius 3 is 2.45 bits per heavy atom. The number of phenols is 2. The fraction of sp³-hybridized carbons (Fsp3) is 0.294. The summed E-state index contributed by atoms with van der Waals surface area (Å²) in [5.41, 5.74) is 3.57. The molecule has 3 rings (SSSR count). The molecule has 2 aromatic carbocycles. The van der Waals surface area contributed by atoms with Crippen LogP contribution in [0.4, 0.5) is 0 Å². The van der Waals surface area contributed by atoms with Gasteiger partial charge in [0, 0.05) is 12.6 Å². The fourth-order valence-corrected chi connectivity index (χ4v) is 2.82. The summed E-state index contributed by atoms with van der Waals surface area (Å²) in [6, 6.07) is 14.2. The monoisotopic (exact) mass is 269 g/mol. The van der Waals surface area contributed by atoms with E-state index < -0.39 is 0 Å². The summed E-state index contributed by atoms with van der Waals surface area (Å²) in [4.78, 5) is 0. The molecule has 0 unspecified atom stereocenters. The summed E-state index contributed by atoms with van der Waals surface area (Å²) < 4.78 is 0. The van der Waals surface area contributed by atoms with Gasteiger partial charge in [0.1, 0.15) is 0 Å². The fourth-order valence-electron chi connectivity index (χ4n) is 2.82. The molecule has 0 bridgehead atoms. The molecule has 0 fully saturated rings. The molecule has 2 aromatic rings. The SMILES string of the molecule is Oc1cc2c(cc1O)C[C@H](NCc1ccccc1)CC2. The standard InChI is InChI=1S/C17H19NO2/c19-16-9-13-6-7-15(8-14(13)10-17(16)20)18-11-12-4-2-1-3-5-12/h1-5,9-10,15,18-20H,6-8,11H2/t15-/m1/s1. The van der Waals surface area contributed by atoms with E-state index in [1.807, 2.05) is 18.2 Å². The van der Waals surface area contributed by atoms with E-state index in [1.54, 1.807) is 12.1 Å². The molecule has 0 aliphatic heterocycles. The maximum absolute atomic E-state index is 9.60. The minimum Gasteiger partial charge on any atom is -0.504 e. The highest BCUT2D eigenvalue weighted by Crippen LogP contribution is 2.32. The van der Waals surface area contributed by atoms with E-state index >= 15 is 0 Å². The van der Waals surface area contributed by atoms with Crippen LogP contribution in [0, 0.1) is 0 Å². The van der Waals surface area contributed by atoms with Gasteiger partial charge in [0.25, 0.3) is 0 Å². The van der Waals surface area contributed by atoms with Gasteiger partial charge in [-0.3, -0.25) is 0 Å². The van der Waals surface area contributed by atoms with Crippen LogP contribution in [-0.2, 0) is 19.4 Å². The quantitative estimate of drug-likeness (QED) is 0.751. The van der Waals surface area contributed by atoms with Gasteiger partial charge < -0.3 is 15.5 Å². The van der Waals surface area contributed by atoms with E-state index in [-0.39, 0.29) is 11.5 Å². The number of rotatable bonds is 3. The first-order chi connectivity index (χ1) is 9.72. The summed E-state index contributed by atoms with van der Waals surface area (Å²) >= 11 is 0. The topological polar surface area (TPSA) is 52.5 Å². The lowest BCUT2D eigenvalue weighted by Gasteiger charge is -2.26. The molecule has 0 spiro atoms. The average molecular weight is 269 g/mol. The minimum absolute atomic E-state index is 0.0144. The number of aromatic hydroxyl groups is 2. The van der Waals surface area contributed by atoms with Crippen LogP contribution in [0.25, 0.3) is 0 Å². The second-order valence-corrected chi connectivity index (χ2v) is 5.42. The highest BCUT2D eigenvalue weighted by molar-refractivity contribution is 5.46. The van der Waals surface area contributed by atoms with Crippen LogP contribution < -0.4 is 5.32 Å². The van der Waals surface area contributed by atoms with E-state index in [0.717, 1.165) is 36.9 Å². The molecule has 1 atom stereocenters. The lowest BCUT2D eigenvalue weighted by Crippen LogP contribution is -2.34. The van der Waals surface area contributed by atoms with Crippen molar-refractivity contribution in [1.82, 2.24) is 5.32 Å². The molecule has 3 heteroatoms. The van der Waals surface area contributed by atoms with Crippen LogP contribution in [0.1, 0.15) is 23.1 Å². The third kappa shape index (κ3) is 2.78. The van der Waals surface area contributed by atoms with Crippen LogP contribution in [0.2, 0.25) is 0 Å². The Hall–Kier alpha value is -2.00. The first-order valence-corrected chi connectivity index (χ1v) is 7.03. The third-order valence-electron chi connectivity index (χ3n) is 3.96. The average Bonchev–Trinajstić information content (AvgIpc) is 2.47. The molecule has 0 heterocycles. The molecular formula is C17H19NO2. The number of hydrogen-bond donors (Lipinski definition) is 3. The molecule has 3 N–H and O–H groups in total. The Morgan fingerprint density at radius 2 is 1.70 bits per heavy atom. The second kappa shape index (κ2) is 5.55. The first-order valence-electron chi connectivity index (χ1n) is 7.03. The molecule has 104 valence electrons. The van der Waals surface area contributed by atoms with E-state index in [2.05, 4.69) is 17.4 Å². The Kier molecular flexibility index (Phi) is 3.61. The molecule has 0 amide bonds. The highest BCUT2D eigenvalue weighted by atomic mass is 16.3. The molecule has 1 aliphatic carbocycles. The lowest BCUT2D eigenvalue weighted by atomic mass is 9.88. The number of phenolic OH excluding ortho intramolecular Hbond substituents is 2. The third-order valence-corrected chi connectivity index (χ3v) is 3.96. The van der Waals surface area contributed by atoms with Crippen molar-refractivity contribution in [3.05, 3.63) is 59.2 Å². The largest absolute Gasteiger partial charge is 0.504 e. The van der Waals surface area contributed by atoms with Crippen LogP contribution in [0.3, 0.4) is 0 Å². The summed E-state index contributed by atoms with van der Waals surface area (Å²) in [7, 11) is 0. The zero-order chi connectivity index (χ0) is 13.9. The predicted molar refractivity (Wildman–Crippen MR) is 78.9 cm³/mol. The maximum Gasteiger partial charge on any atom is 0.157 e. The number of nitrogens with one attached hydrogen (secondary N) is 1. The first kappa shape index (κ1) is 13.0. The predicted octanol–water partition coefficient (Wildman–Crippen LogP) is 2.74. The second-order valence-electron chi connectivity index (χ2n) is 5.42. The van der Waals surface area contributed by atoms with Crippen LogP contribution in [-0.4, -0.2) is 16.3 Å². The Balaban J connectivity index is 1.65. The van der Waals surface area contributed by atoms with E-state index in [0.29, 0.717) is 6.04 Å². The zero-order valence-electron chi connectivity index (χ0n) is 11.3. The molecule has 3 nitrogen and oxygen atoms in total. The Labute approximate surface area is 118 Å². The van der Waals surface area contributed by atoms with Crippen molar-refractivity contribution >= 4 is 0 Å². The molecular weight excluding hydrogens is 250 g/mol. The maximum atomic E-state index is 9.60. The van der Waals surface area contributed by atoms with Crippen molar-refractivity contribution < 1.29 is 10.2 Å². The van der Waals surface area contributed by atoms with Crippen LogP contribution >= 0.6 is 0 Å². The summed E-state index contributed by atoms with van der Waals surface area (Å²) in [5.74, 6) is -0.0353. The van der Waals surface area contributed by atoms with E-state index in [4.69, 9.17) is 0 Å². The molecule has 20 heavy (non-hydrogen) atoms. The van der Waals surface area contributed by atoms with E-state index in [1.165, 1.54) is 5.56 Å². The molecule has 1 aliphatic rings. The van der Waals surface area contributed by atoms with Crippen molar-refractivity contribution in [1.29, 1.82) is 0 Å². The number of fused-ring (bicyclic) bond motifs is 1. The van der Waals surface area contributed by atoms with Gasteiger partial charge in [0.05, 0.1) is 0 Å². The van der Waals surface area contributed by atoms with Crippen molar-refractivity contribution in [2.75, 3.05) is 0 Å². The van der Waals surface area contributed by atoms with Gasteiger partial charge in [-0.25, -0.2) is 0 Å². The van der Waals surface area contributed by atoms with Crippen LogP contribution in [0.15, 0.2) is 42.5 Å². The number of hydrogen-bond acceptors (Lipinski definition) is 3. The van der Waals surface area contributed by atoms with Crippen molar-refractivity contribution in [3.8, 4) is 11.5 Å². The summed E-state index contributed by atoms with van der Waals surface area (Å²) in [5, 5.41) is 22.7. The van der Waals surface area contributed by atoms with Gasteiger partial charge in [-0.05, 0) is 48.1 Å². The number of aryl methyl sites for hydroxylation is 1. The van der Waals surface area contributed by atoms with Crippen LogP contribution in [0.5, 0.6) is 11.5 Å². The smallest absolute Gasteiger partial charge is 0.157 e. The highest BCUT2D eigenvalue weighted by Gasteiger charge is 2.19. The summed E-state index contributed by atoms with van der Waals surface area (Å²) in [6.07, 6.45) is 2.90. The van der Waals surface area contributed by atoms with Gasteiger partial charge in [-0.1, -0.05) is 30.3 Å². The summed E-state index contributed by atoms with van der Waals surface area (Å²) in [6.45, 7) is 0.866. The van der Waals surface area contributed by atoms with Gasteiger partial charge in [0.15, 0.2) is 11.5 Å². The van der Waals surface area contributed by atoms with Gasteiger partial charge in [-0.15, -0.1) is 0 Å². The van der Waals surface area contributed by atoms with Gasteiger partial charge in [-0.2, -0.15) is 0 Å². The van der Waals surface area contributed by atoms with Crippen molar-refractivity contribution in [2.45, 2.75) is 31.8 Å². The molecule has 0 saturated carbocycles. The minimum atomic E-state index is -0.0209. The Bertz CT molecular complexity index is 595.